The fourth-order valence-electron chi connectivity index (χ4n) is 1.79. The number of hydrogen-bond donors (Lipinski definition) is 0. The van der Waals surface area contributed by atoms with Gasteiger partial charge in [0, 0.05) is 10.6 Å². The number of halogens is 1. The SMILES string of the molecule is C=CCCSc1ccc(-c2ccc(C#N)c(F)c2)cc1. The van der Waals surface area contributed by atoms with Crippen LogP contribution < -0.4 is 0 Å². The van der Waals surface area contributed by atoms with E-state index in [0.29, 0.717) is 0 Å². The molecule has 100 valence electrons. The van der Waals surface area contributed by atoms with E-state index in [1.54, 1.807) is 17.8 Å². The molecule has 0 bridgehead atoms. The number of nitrogens with zero attached hydrogens (tertiary/aromatic N) is 1. The molecule has 0 unspecified atom stereocenters. The van der Waals surface area contributed by atoms with Crippen molar-refractivity contribution < 1.29 is 4.39 Å². The number of allylic oxidation sites excluding steroid dienone is 1. The predicted molar refractivity (Wildman–Crippen MR) is 82.1 cm³/mol. The Morgan fingerprint density at radius 1 is 1.15 bits per heavy atom. The predicted octanol–water partition coefficient (Wildman–Crippen LogP) is 5.03. The minimum Gasteiger partial charge on any atom is -0.206 e. The number of rotatable bonds is 5. The van der Waals surface area contributed by atoms with E-state index in [1.165, 1.54) is 17.0 Å². The van der Waals surface area contributed by atoms with Gasteiger partial charge in [0.05, 0.1) is 5.56 Å². The van der Waals surface area contributed by atoms with Crippen molar-refractivity contribution in [2.24, 2.45) is 0 Å². The lowest BCUT2D eigenvalue weighted by Crippen LogP contribution is -1.85. The van der Waals surface area contributed by atoms with Crippen molar-refractivity contribution in [1.82, 2.24) is 0 Å². The van der Waals surface area contributed by atoms with Gasteiger partial charge >= 0.3 is 0 Å². The molecule has 20 heavy (non-hydrogen) atoms. The van der Waals surface area contributed by atoms with Gasteiger partial charge in [0.2, 0.25) is 0 Å². The van der Waals surface area contributed by atoms with Crippen LogP contribution in [0.2, 0.25) is 0 Å². The molecule has 0 aromatic heterocycles. The van der Waals surface area contributed by atoms with E-state index < -0.39 is 5.82 Å². The zero-order valence-electron chi connectivity index (χ0n) is 11.0. The minimum absolute atomic E-state index is 0.0744. The highest BCUT2D eigenvalue weighted by atomic mass is 32.2. The summed E-state index contributed by atoms with van der Waals surface area (Å²) in [7, 11) is 0. The highest BCUT2D eigenvalue weighted by molar-refractivity contribution is 7.99. The van der Waals surface area contributed by atoms with Gasteiger partial charge in [-0.15, -0.1) is 18.3 Å². The molecular weight excluding hydrogens is 269 g/mol. The smallest absolute Gasteiger partial charge is 0.141 e. The third-order valence-electron chi connectivity index (χ3n) is 2.87. The normalized spacial score (nSPS) is 10.0. The van der Waals surface area contributed by atoms with Crippen molar-refractivity contribution in [2.45, 2.75) is 11.3 Å². The summed E-state index contributed by atoms with van der Waals surface area (Å²) < 4.78 is 13.6. The maximum absolute atomic E-state index is 13.6. The molecule has 2 aromatic rings. The molecule has 0 aliphatic heterocycles. The van der Waals surface area contributed by atoms with Crippen LogP contribution in [0, 0.1) is 17.1 Å². The van der Waals surface area contributed by atoms with E-state index in [4.69, 9.17) is 5.26 Å². The van der Waals surface area contributed by atoms with Gasteiger partial charge in [-0.25, -0.2) is 4.39 Å². The summed E-state index contributed by atoms with van der Waals surface area (Å²) in [6.45, 7) is 3.70. The summed E-state index contributed by atoms with van der Waals surface area (Å²) in [5, 5.41) is 8.72. The van der Waals surface area contributed by atoms with Crippen LogP contribution >= 0.6 is 11.8 Å². The number of hydrogen-bond acceptors (Lipinski definition) is 2. The van der Waals surface area contributed by atoms with Gasteiger partial charge in [-0.2, -0.15) is 5.26 Å². The summed E-state index contributed by atoms with van der Waals surface area (Å²) in [6.07, 6.45) is 2.88. The topological polar surface area (TPSA) is 23.8 Å². The second-order valence-electron chi connectivity index (χ2n) is 4.26. The van der Waals surface area contributed by atoms with Gasteiger partial charge in [-0.1, -0.05) is 24.3 Å². The number of nitriles is 1. The number of benzene rings is 2. The Morgan fingerprint density at radius 2 is 1.85 bits per heavy atom. The first-order valence-electron chi connectivity index (χ1n) is 6.28. The Labute approximate surface area is 122 Å². The fourth-order valence-corrected chi connectivity index (χ4v) is 2.64. The molecule has 0 radical (unpaired) electrons. The molecule has 1 nitrogen and oxygen atoms in total. The molecule has 0 N–H and O–H groups in total. The lowest BCUT2D eigenvalue weighted by Gasteiger charge is -2.05. The van der Waals surface area contributed by atoms with Gasteiger partial charge in [-0.05, 0) is 41.8 Å². The minimum atomic E-state index is -0.477. The Hall–Kier alpha value is -2.05. The standard InChI is InChI=1S/C17H14FNS/c1-2-3-10-20-16-8-6-13(7-9-16)14-4-5-15(12-19)17(18)11-14/h2,4-9,11H,1,3,10H2. The molecule has 3 heteroatoms. The first kappa shape index (κ1) is 14.4. The van der Waals surface area contributed by atoms with Crippen molar-refractivity contribution in [3.05, 3.63) is 66.5 Å². The zero-order chi connectivity index (χ0) is 14.4. The Kier molecular flexibility index (Phi) is 4.97. The Morgan fingerprint density at radius 3 is 2.45 bits per heavy atom. The molecule has 0 amide bonds. The molecule has 0 atom stereocenters. The van der Waals surface area contributed by atoms with Gasteiger partial charge in [-0.3, -0.25) is 0 Å². The summed E-state index contributed by atoms with van der Waals surface area (Å²) in [5.41, 5.74) is 1.80. The van der Waals surface area contributed by atoms with Crippen LogP contribution in [0.3, 0.4) is 0 Å². The largest absolute Gasteiger partial charge is 0.206 e. The van der Waals surface area contributed by atoms with Crippen LogP contribution in [0.4, 0.5) is 4.39 Å². The van der Waals surface area contributed by atoms with Crippen molar-refractivity contribution in [2.75, 3.05) is 5.75 Å². The first-order valence-corrected chi connectivity index (χ1v) is 7.27. The molecule has 0 saturated carbocycles. The summed E-state index contributed by atoms with van der Waals surface area (Å²) >= 11 is 1.77. The molecule has 0 fully saturated rings. The molecule has 0 aliphatic carbocycles. The van der Waals surface area contributed by atoms with Gasteiger partial charge < -0.3 is 0 Å². The van der Waals surface area contributed by atoms with Gasteiger partial charge in [0.15, 0.2) is 0 Å². The molecule has 0 spiro atoms. The van der Waals surface area contributed by atoms with Crippen molar-refractivity contribution in [1.29, 1.82) is 5.26 Å². The van der Waals surface area contributed by atoms with E-state index in [1.807, 2.05) is 36.4 Å². The quantitative estimate of drug-likeness (QED) is 0.436. The van der Waals surface area contributed by atoms with E-state index in [-0.39, 0.29) is 5.56 Å². The first-order chi connectivity index (χ1) is 9.74. The molecule has 2 aromatic carbocycles. The molecular formula is C17H14FNS. The van der Waals surface area contributed by atoms with Crippen LogP contribution in [-0.4, -0.2) is 5.75 Å². The van der Waals surface area contributed by atoms with Crippen LogP contribution in [-0.2, 0) is 0 Å². The average Bonchev–Trinajstić information content (AvgIpc) is 2.48. The highest BCUT2D eigenvalue weighted by Crippen LogP contribution is 2.25. The second kappa shape index (κ2) is 6.93. The van der Waals surface area contributed by atoms with E-state index in [2.05, 4.69) is 6.58 Å². The molecule has 0 heterocycles. The van der Waals surface area contributed by atoms with Crippen LogP contribution in [0.15, 0.2) is 60.0 Å². The lowest BCUT2D eigenvalue weighted by atomic mass is 10.0. The Balaban J connectivity index is 2.15. The summed E-state index contributed by atoms with van der Waals surface area (Å²) in [4.78, 5) is 1.18. The van der Waals surface area contributed by atoms with E-state index >= 15 is 0 Å². The third kappa shape index (κ3) is 3.49. The molecule has 0 saturated heterocycles. The molecule has 2 rings (SSSR count). The number of thioether (sulfide) groups is 1. The van der Waals surface area contributed by atoms with Crippen LogP contribution in [0.25, 0.3) is 11.1 Å². The summed E-state index contributed by atoms with van der Waals surface area (Å²) in [5.74, 6) is 0.531. The van der Waals surface area contributed by atoms with Gasteiger partial charge in [0.1, 0.15) is 11.9 Å². The van der Waals surface area contributed by atoms with Crippen LogP contribution in [0.5, 0.6) is 0 Å². The van der Waals surface area contributed by atoms with Gasteiger partial charge in [0.25, 0.3) is 0 Å². The fraction of sp³-hybridized carbons (Fsp3) is 0.118. The second-order valence-corrected chi connectivity index (χ2v) is 5.42. The van der Waals surface area contributed by atoms with Crippen LogP contribution in [0.1, 0.15) is 12.0 Å². The maximum atomic E-state index is 13.6. The van der Waals surface area contributed by atoms with Crippen molar-refractivity contribution >= 4 is 11.8 Å². The monoisotopic (exact) mass is 283 g/mol. The maximum Gasteiger partial charge on any atom is 0.141 e. The average molecular weight is 283 g/mol. The summed E-state index contributed by atoms with van der Waals surface area (Å²) in [6, 6.07) is 14.5. The van der Waals surface area contributed by atoms with E-state index in [0.717, 1.165) is 23.3 Å². The highest BCUT2D eigenvalue weighted by Gasteiger charge is 2.04. The third-order valence-corrected chi connectivity index (χ3v) is 3.91. The molecule has 0 aliphatic rings. The van der Waals surface area contributed by atoms with E-state index in [9.17, 15) is 4.39 Å². The van der Waals surface area contributed by atoms with Crippen molar-refractivity contribution in [3.63, 3.8) is 0 Å². The zero-order valence-corrected chi connectivity index (χ0v) is 11.8. The van der Waals surface area contributed by atoms with Crippen molar-refractivity contribution in [3.8, 4) is 17.2 Å². The lowest BCUT2D eigenvalue weighted by molar-refractivity contribution is 0.624. The Bertz CT molecular complexity index is 641.